The molecule has 0 aromatic heterocycles. The van der Waals surface area contributed by atoms with Gasteiger partial charge in [0.15, 0.2) is 0 Å². The van der Waals surface area contributed by atoms with Crippen LogP contribution in [0.1, 0.15) is 91.4 Å². The van der Waals surface area contributed by atoms with Crippen LogP contribution in [-0.2, 0) is 33.4 Å². The van der Waals surface area contributed by atoms with Crippen LogP contribution in [0.3, 0.4) is 0 Å². The smallest absolute Gasteiger partial charge is 0.306 e. The van der Waals surface area contributed by atoms with Crippen molar-refractivity contribution in [1.29, 1.82) is 0 Å². The molecule has 0 saturated heterocycles. The van der Waals surface area contributed by atoms with Crippen molar-refractivity contribution in [1.82, 2.24) is 0 Å². The Morgan fingerprint density at radius 1 is 1.00 bits per heavy atom. The van der Waals surface area contributed by atoms with Gasteiger partial charge in [0.25, 0.3) is 0 Å². The molecule has 206 valence electrons. The van der Waals surface area contributed by atoms with Gasteiger partial charge in [-0.1, -0.05) is 20.8 Å². The number of ether oxygens (including phenoxy) is 2. The lowest BCUT2D eigenvalue weighted by Crippen LogP contribution is -2.60. The van der Waals surface area contributed by atoms with Crippen molar-refractivity contribution in [2.75, 3.05) is 7.11 Å². The largest absolute Gasteiger partial charge is 0.481 e. The first-order valence-corrected chi connectivity index (χ1v) is 14.0. The summed E-state index contributed by atoms with van der Waals surface area (Å²) in [4.78, 5) is 62.2. The number of rotatable bonds is 8. The summed E-state index contributed by atoms with van der Waals surface area (Å²) in [5.74, 6) is -0.893. The van der Waals surface area contributed by atoms with Gasteiger partial charge in [0.1, 0.15) is 17.7 Å². The Kier molecular flexibility index (Phi) is 7.87. The standard InChI is InChI=1S/C29H42O8/c1-16(5-9-25(34)36-4)19-6-7-20-27-21(15-23(31)29(19,20)3)28(2)12-11-18(13-17(28)14-22(27)30)37-26(35)10-8-24(32)33/h16-21,27H,5-15H2,1-4H3,(H,32,33)/t16?,17-,18+,19+,20-,21?,27?,28-,29+/m1/s1. The minimum absolute atomic E-state index is 0.0112. The molecule has 8 heteroatoms. The number of esters is 2. The summed E-state index contributed by atoms with van der Waals surface area (Å²) in [7, 11) is 1.39. The molecule has 4 fully saturated rings. The van der Waals surface area contributed by atoms with E-state index in [1.54, 1.807) is 0 Å². The van der Waals surface area contributed by atoms with Gasteiger partial charge in [-0.15, -0.1) is 0 Å². The Morgan fingerprint density at radius 3 is 2.41 bits per heavy atom. The normalized spacial score (nSPS) is 39.7. The summed E-state index contributed by atoms with van der Waals surface area (Å²) < 4.78 is 10.4. The Bertz CT molecular complexity index is 958. The average Bonchev–Trinajstić information content (AvgIpc) is 3.21. The van der Waals surface area contributed by atoms with Crippen LogP contribution in [0, 0.1) is 46.3 Å². The van der Waals surface area contributed by atoms with Gasteiger partial charge < -0.3 is 14.6 Å². The Labute approximate surface area is 219 Å². The number of fused-ring (bicyclic) bond motifs is 5. The summed E-state index contributed by atoms with van der Waals surface area (Å²) in [6.45, 7) is 6.43. The molecule has 4 aliphatic carbocycles. The van der Waals surface area contributed by atoms with Crippen molar-refractivity contribution in [3.8, 4) is 0 Å². The van der Waals surface area contributed by atoms with Gasteiger partial charge in [0, 0.05) is 30.6 Å². The van der Waals surface area contributed by atoms with Crippen LogP contribution < -0.4 is 0 Å². The van der Waals surface area contributed by atoms with Crippen LogP contribution in [-0.4, -0.2) is 47.8 Å². The fourth-order valence-electron chi connectivity index (χ4n) is 8.77. The number of methoxy groups -OCH3 is 1. The quantitative estimate of drug-likeness (QED) is 0.470. The summed E-state index contributed by atoms with van der Waals surface area (Å²) in [6, 6.07) is 0. The van der Waals surface area contributed by atoms with Crippen LogP contribution in [0.15, 0.2) is 0 Å². The van der Waals surface area contributed by atoms with Crippen molar-refractivity contribution in [2.24, 2.45) is 46.3 Å². The predicted molar refractivity (Wildman–Crippen MR) is 133 cm³/mol. The first kappa shape index (κ1) is 27.8. The lowest BCUT2D eigenvalue weighted by molar-refractivity contribution is -0.173. The molecular weight excluding hydrogens is 476 g/mol. The average molecular weight is 519 g/mol. The molecule has 0 radical (unpaired) electrons. The maximum Gasteiger partial charge on any atom is 0.306 e. The summed E-state index contributed by atoms with van der Waals surface area (Å²) in [5.41, 5.74) is -0.694. The molecule has 0 aromatic carbocycles. The molecular formula is C29H42O8. The van der Waals surface area contributed by atoms with Gasteiger partial charge in [0.2, 0.25) is 0 Å². The minimum Gasteiger partial charge on any atom is -0.481 e. The minimum atomic E-state index is -1.03. The van der Waals surface area contributed by atoms with E-state index in [4.69, 9.17) is 14.6 Å². The number of aliphatic carboxylic acids is 1. The maximum atomic E-state index is 13.9. The maximum absolute atomic E-state index is 13.9. The van der Waals surface area contributed by atoms with Gasteiger partial charge in [-0.2, -0.15) is 0 Å². The highest BCUT2D eigenvalue weighted by Gasteiger charge is 2.66. The van der Waals surface area contributed by atoms with E-state index in [2.05, 4.69) is 20.8 Å². The van der Waals surface area contributed by atoms with Crippen LogP contribution >= 0.6 is 0 Å². The second-order valence-corrected chi connectivity index (χ2v) is 12.6. The Morgan fingerprint density at radius 2 is 1.73 bits per heavy atom. The summed E-state index contributed by atoms with van der Waals surface area (Å²) >= 11 is 0. The fourth-order valence-corrected chi connectivity index (χ4v) is 8.77. The number of hydrogen-bond acceptors (Lipinski definition) is 7. The van der Waals surface area contributed by atoms with Crippen LogP contribution in [0.2, 0.25) is 0 Å². The third-order valence-corrected chi connectivity index (χ3v) is 10.9. The van der Waals surface area contributed by atoms with E-state index in [0.29, 0.717) is 38.5 Å². The van der Waals surface area contributed by atoms with Gasteiger partial charge >= 0.3 is 17.9 Å². The Balaban J connectivity index is 1.48. The second-order valence-electron chi connectivity index (χ2n) is 12.6. The summed E-state index contributed by atoms with van der Waals surface area (Å²) in [6.07, 6.45) is 5.01. The first-order chi connectivity index (χ1) is 17.4. The van der Waals surface area contributed by atoms with E-state index in [-0.39, 0.29) is 77.4 Å². The highest BCUT2D eigenvalue weighted by Crippen LogP contribution is 2.66. The number of carbonyl (C=O) groups excluding carboxylic acids is 4. The molecule has 4 saturated carbocycles. The van der Waals surface area contributed by atoms with Gasteiger partial charge in [-0.3, -0.25) is 24.0 Å². The van der Waals surface area contributed by atoms with Crippen LogP contribution in [0.5, 0.6) is 0 Å². The topological polar surface area (TPSA) is 124 Å². The van der Waals surface area contributed by atoms with E-state index in [1.165, 1.54) is 7.11 Å². The fraction of sp³-hybridized carbons (Fsp3) is 0.828. The SMILES string of the molecule is COC(=O)CCC(C)[C@@H]1CC[C@@H]2C3C(=O)C[C@H]4C[C@@H](OC(=O)CCC(=O)O)CC[C@@]4(C)C3CC(=O)[C@]21C. The molecule has 1 N–H and O–H groups in total. The number of carboxylic acids is 1. The van der Waals surface area contributed by atoms with Crippen LogP contribution in [0.25, 0.3) is 0 Å². The second kappa shape index (κ2) is 10.5. The van der Waals surface area contributed by atoms with E-state index in [0.717, 1.165) is 19.3 Å². The number of hydrogen-bond donors (Lipinski definition) is 1. The molecule has 3 unspecified atom stereocenters. The molecule has 8 nitrogen and oxygen atoms in total. The monoisotopic (exact) mass is 518 g/mol. The van der Waals surface area contributed by atoms with Crippen molar-refractivity contribution < 1.29 is 38.6 Å². The molecule has 0 bridgehead atoms. The molecule has 0 amide bonds. The molecule has 0 aliphatic heterocycles. The number of carbonyl (C=O) groups is 5. The van der Waals surface area contributed by atoms with E-state index >= 15 is 0 Å². The third kappa shape index (κ3) is 4.97. The lowest BCUT2D eigenvalue weighted by atomic mass is 9.43. The molecule has 37 heavy (non-hydrogen) atoms. The number of Topliss-reactive ketones (excluding diaryl/α,β-unsaturated/α-hetero) is 2. The van der Waals surface area contributed by atoms with E-state index in [1.807, 2.05) is 0 Å². The zero-order valence-electron chi connectivity index (χ0n) is 22.6. The molecule has 0 aromatic rings. The molecule has 4 aliphatic rings. The van der Waals surface area contributed by atoms with Crippen LogP contribution in [0.4, 0.5) is 0 Å². The van der Waals surface area contributed by atoms with E-state index < -0.39 is 17.4 Å². The highest BCUT2D eigenvalue weighted by molar-refractivity contribution is 5.92. The Hall–Kier alpha value is -2.25. The number of ketones is 2. The summed E-state index contributed by atoms with van der Waals surface area (Å²) in [5, 5.41) is 8.81. The zero-order valence-corrected chi connectivity index (χ0v) is 22.6. The zero-order chi connectivity index (χ0) is 27.1. The van der Waals surface area contributed by atoms with E-state index in [9.17, 15) is 24.0 Å². The van der Waals surface area contributed by atoms with Gasteiger partial charge in [0.05, 0.1) is 20.0 Å². The van der Waals surface area contributed by atoms with Gasteiger partial charge in [-0.25, -0.2) is 0 Å². The van der Waals surface area contributed by atoms with Crippen molar-refractivity contribution in [3.05, 3.63) is 0 Å². The van der Waals surface area contributed by atoms with Crippen molar-refractivity contribution in [3.63, 3.8) is 0 Å². The lowest BCUT2D eigenvalue weighted by Gasteiger charge is -2.59. The highest BCUT2D eigenvalue weighted by atomic mass is 16.5. The third-order valence-electron chi connectivity index (χ3n) is 10.9. The van der Waals surface area contributed by atoms with Crippen molar-refractivity contribution >= 4 is 29.5 Å². The predicted octanol–water partition coefficient (Wildman–Crippen LogP) is 4.37. The molecule has 9 atom stereocenters. The van der Waals surface area contributed by atoms with Gasteiger partial charge in [-0.05, 0) is 73.5 Å². The molecule has 0 heterocycles. The van der Waals surface area contributed by atoms with Crippen molar-refractivity contribution in [2.45, 2.75) is 97.5 Å². The molecule has 0 spiro atoms. The number of carboxylic acid groups (broad SMARTS) is 1. The first-order valence-electron chi connectivity index (χ1n) is 14.0. The molecule has 4 rings (SSSR count).